The average molecular weight is 742 g/mol. The van der Waals surface area contributed by atoms with Crippen LogP contribution in [0.15, 0.2) is 95.8 Å². The van der Waals surface area contributed by atoms with Crippen molar-refractivity contribution in [2.45, 2.75) is 69.9 Å². The summed E-state index contributed by atoms with van der Waals surface area (Å²) in [4.78, 5) is 27.3. The van der Waals surface area contributed by atoms with Crippen molar-refractivity contribution in [1.29, 1.82) is 0 Å². The standard InChI is InChI=1S/C40H43N7O5.2FH/c41-28-10-12-29(13-11-28)52-40(51)43-33-21-25(8-14-30(33)27-6-2-1-3-7-27)5-4-20-47-35-17-9-26(22-34(35)45-46-47)23-42-24-37(49)31-15-18-36(48)39-32(31)16-19-38(50)44-39;;/h1-3,6-9,14-19,21-22,28-29,37,42,48-49H,4-5,10-13,20,23-24,41H2,(H,43,51)(H,44,50);2*1H/t28-,29-,37-;;/m0../s1. The van der Waals surface area contributed by atoms with E-state index in [9.17, 15) is 19.8 Å². The van der Waals surface area contributed by atoms with E-state index < -0.39 is 12.2 Å². The van der Waals surface area contributed by atoms with Crippen LogP contribution in [0.2, 0.25) is 0 Å². The zero-order chi connectivity index (χ0) is 36.0. The Hall–Kier alpha value is -5.70. The molecule has 12 nitrogen and oxygen atoms in total. The van der Waals surface area contributed by atoms with Crippen molar-refractivity contribution in [3.05, 3.63) is 118 Å². The number of nitrogens with zero attached hydrogens (tertiary/aromatic N) is 3. The third-order valence-electron chi connectivity index (χ3n) is 9.74. The number of aromatic amines is 1. The summed E-state index contributed by atoms with van der Waals surface area (Å²) in [5, 5.41) is 36.8. The van der Waals surface area contributed by atoms with Crippen LogP contribution in [0.4, 0.5) is 19.9 Å². The number of nitrogens with one attached hydrogen (secondary N) is 3. The van der Waals surface area contributed by atoms with Gasteiger partial charge in [-0.25, -0.2) is 9.48 Å². The van der Waals surface area contributed by atoms with Crippen LogP contribution in [0.3, 0.4) is 0 Å². The number of nitrogens with two attached hydrogens (primary N) is 1. The van der Waals surface area contributed by atoms with Gasteiger partial charge in [-0.15, -0.1) is 5.10 Å². The highest BCUT2D eigenvalue weighted by Crippen LogP contribution is 2.31. The third kappa shape index (κ3) is 9.26. The monoisotopic (exact) mass is 741 g/mol. The molecule has 1 aliphatic carbocycles. The van der Waals surface area contributed by atoms with Crippen LogP contribution in [0.25, 0.3) is 33.1 Å². The second-order valence-corrected chi connectivity index (χ2v) is 13.5. The van der Waals surface area contributed by atoms with E-state index in [0.29, 0.717) is 35.2 Å². The molecule has 7 rings (SSSR count). The second kappa shape index (κ2) is 17.9. The maximum absolute atomic E-state index is 13.0. The summed E-state index contributed by atoms with van der Waals surface area (Å²) in [6.07, 6.45) is 3.46. The predicted octanol–water partition coefficient (Wildman–Crippen LogP) is 6.22. The fourth-order valence-corrected chi connectivity index (χ4v) is 6.96. The van der Waals surface area contributed by atoms with Crippen molar-refractivity contribution in [2.75, 3.05) is 11.9 Å². The molecule has 284 valence electrons. The van der Waals surface area contributed by atoms with E-state index in [1.165, 1.54) is 12.1 Å². The molecule has 7 N–H and O–H groups in total. The number of aromatic nitrogens is 4. The number of ether oxygens (including phenoxy) is 1. The Morgan fingerprint density at radius 2 is 1.74 bits per heavy atom. The van der Waals surface area contributed by atoms with Gasteiger partial charge in [0.25, 0.3) is 0 Å². The highest BCUT2D eigenvalue weighted by atomic mass is 19.0. The summed E-state index contributed by atoms with van der Waals surface area (Å²) in [6.45, 7) is 1.44. The number of amides is 1. The molecule has 2 heterocycles. The molecule has 1 aliphatic rings. The zero-order valence-corrected chi connectivity index (χ0v) is 29.6. The fourth-order valence-electron chi connectivity index (χ4n) is 6.96. The molecule has 1 fully saturated rings. The normalized spacial score (nSPS) is 16.0. The molecule has 0 aliphatic heterocycles. The molecule has 4 aromatic carbocycles. The van der Waals surface area contributed by atoms with Crippen LogP contribution in [-0.4, -0.2) is 55.0 Å². The number of hydrogen-bond acceptors (Lipinski definition) is 9. The Bertz CT molecular complexity index is 2240. The number of H-pyrrole nitrogens is 1. The number of aryl methyl sites for hydroxylation is 2. The van der Waals surface area contributed by atoms with E-state index in [2.05, 4.69) is 32.0 Å². The van der Waals surface area contributed by atoms with Crippen LogP contribution in [0.1, 0.15) is 54.9 Å². The first-order valence-corrected chi connectivity index (χ1v) is 17.8. The molecule has 1 amide bonds. The van der Waals surface area contributed by atoms with E-state index >= 15 is 0 Å². The Morgan fingerprint density at radius 1 is 0.963 bits per heavy atom. The van der Waals surface area contributed by atoms with E-state index in [-0.39, 0.29) is 39.4 Å². The summed E-state index contributed by atoms with van der Waals surface area (Å²) in [5.74, 6) is -0.0443. The first-order valence-electron chi connectivity index (χ1n) is 17.8. The first kappa shape index (κ1) is 39.5. The number of carbonyl (C=O) groups excluding carboxylic acids is 1. The largest absolute Gasteiger partial charge is 0.506 e. The van der Waals surface area contributed by atoms with E-state index in [0.717, 1.165) is 71.8 Å². The van der Waals surface area contributed by atoms with E-state index in [1.54, 1.807) is 12.1 Å². The molecule has 0 radical (unpaired) electrons. The number of halogens is 2. The molecular formula is C40H45F2N7O5. The Labute approximate surface area is 310 Å². The Kier molecular flexibility index (Phi) is 13.1. The molecule has 6 aromatic rings. The van der Waals surface area contributed by atoms with Gasteiger partial charge < -0.3 is 31.0 Å². The van der Waals surface area contributed by atoms with Crippen LogP contribution in [0.5, 0.6) is 5.75 Å². The number of phenols is 1. The molecule has 0 spiro atoms. The smallest absolute Gasteiger partial charge is 0.411 e. The Balaban J connectivity index is 0.00000280. The zero-order valence-electron chi connectivity index (χ0n) is 29.6. The lowest BCUT2D eigenvalue weighted by Crippen LogP contribution is -2.32. The number of hydrogen-bond donors (Lipinski definition) is 6. The molecule has 0 unspecified atom stereocenters. The van der Waals surface area contributed by atoms with Gasteiger partial charge in [0.1, 0.15) is 17.4 Å². The number of carbonyl (C=O) groups is 1. The highest BCUT2D eigenvalue weighted by Gasteiger charge is 2.22. The van der Waals surface area contributed by atoms with Gasteiger partial charge >= 0.3 is 6.09 Å². The summed E-state index contributed by atoms with van der Waals surface area (Å²) < 4.78 is 7.67. The number of rotatable bonds is 12. The number of aliphatic hydroxyl groups excluding tert-OH is 1. The molecule has 54 heavy (non-hydrogen) atoms. The maximum Gasteiger partial charge on any atom is 0.411 e. The number of fused-ring (bicyclic) bond motifs is 2. The van der Waals surface area contributed by atoms with Gasteiger partial charge in [0, 0.05) is 42.7 Å². The lowest BCUT2D eigenvalue weighted by molar-refractivity contribution is 0.0826. The van der Waals surface area contributed by atoms with Gasteiger partial charge in [0.2, 0.25) is 5.56 Å². The van der Waals surface area contributed by atoms with E-state index in [1.807, 2.05) is 65.3 Å². The minimum Gasteiger partial charge on any atom is -0.506 e. The lowest BCUT2D eigenvalue weighted by Gasteiger charge is -2.26. The van der Waals surface area contributed by atoms with Crippen molar-refractivity contribution in [3.63, 3.8) is 0 Å². The van der Waals surface area contributed by atoms with Crippen LogP contribution in [0, 0.1) is 0 Å². The van der Waals surface area contributed by atoms with Crippen LogP contribution >= 0.6 is 0 Å². The van der Waals surface area contributed by atoms with Crippen molar-refractivity contribution < 1.29 is 29.2 Å². The summed E-state index contributed by atoms with van der Waals surface area (Å²) in [7, 11) is 0. The molecular weight excluding hydrogens is 696 g/mol. The SMILES string of the molecule is F.F.N[C@H]1CC[C@H](OC(=O)Nc2cc(CCCn3nnc4cc(CNC[C@H](O)c5ccc(O)c6[nH]c(=O)ccc56)ccc43)ccc2-c2ccccc2)CC1. The van der Waals surface area contributed by atoms with Gasteiger partial charge in [0.15, 0.2) is 0 Å². The number of aliphatic hydroxyl groups is 1. The highest BCUT2D eigenvalue weighted by molar-refractivity contribution is 5.92. The molecule has 14 heteroatoms. The fraction of sp³-hybridized carbons (Fsp3) is 0.300. The van der Waals surface area contributed by atoms with Crippen LogP contribution < -0.4 is 21.9 Å². The third-order valence-corrected chi connectivity index (χ3v) is 9.74. The Morgan fingerprint density at radius 3 is 2.54 bits per heavy atom. The van der Waals surface area contributed by atoms with Gasteiger partial charge in [-0.3, -0.25) is 19.5 Å². The molecule has 1 saturated carbocycles. The summed E-state index contributed by atoms with van der Waals surface area (Å²) in [5.41, 5.74) is 13.1. The predicted molar refractivity (Wildman–Crippen MR) is 206 cm³/mol. The number of phenolic OH excluding ortho intramolecular Hbond substituents is 1. The van der Waals surface area contributed by atoms with Crippen molar-refractivity contribution in [1.82, 2.24) is 25.3 Å². The van der Waals surface area contributed by atoms with Crippen LogP contribution in [-0.2, 0) is 24.2 Å². The lowest BCUT2D eigenvalue weighted by atomic mass is 9.94. The topological polar surface area (TPSA) is 180 Å². The summed E-state index contributed by atoms with van der Waals surface area (Å²) in [6, 6.07) is 28.5. The van der Waals surface area contributed by atoms with Gasteiger partial charge in [-0.2, -0.15) is 0 Å². The maximum atomic E-state index is 13.0. The van der Waals surface area contributed by atoms with Crippen molar-refractivity contribution in [3.8, 4) is 16.9 Å². The molecule has 0 bridgehead atoms. The summed E-state index contributed by atoms with van der Waals surface area (Å²) >= 11 is 0. The van der Waals surface area contributed by atoms with E-state index in [4.69, 9.17) is 10.5 Å². The van der Waals surface area contributed by atoms with Gasteiger partial charge in [-0.05, 0) is 91.1 Å². The van der Waals surface area contributed by atoms with Gasteiger partial charge in [-0.1, -0.05) is 59.8 Å². The first-order chi connectivity index (χ1) is 25.3. The quantitative estimate of drug-likeness (QED) is 0.0849. The average Bonchev–Trinajstić information content (AvgIpc) is 3.55. The number of anilines is 1. The molecule has 0 saturated heterocycles. The number of pyridine rings is 1. The second-order valence-electron chi connectivity index (χ2n) is 13.5. The molecule has 2 aromatic heterocycles. The van der Waals surface area contributed by atoms with Crippen molar-refractivity contribution in [2.24, 2.45) is 5.73 Å². The number of aromatic hydroxyl groups is 1. The van der Waals surface area contributed by atoms with Gasteiger partial charge in [0.05, 0.1) is 22.8 Å². The minimum absolute atomic E-state index is 0. The minimum atomic E-state index is -0.852. The number of benzene rings is 4. The van der Waals surface area contributed by atoms with Crippen molar-refractivity contribution >= 4 is 33.7 Å². The molecule has 1 atom stereocenters.